The first-order valence-electron chi connectivity index (χ1n) is 11.3. The summed E-state index contributed by atoms with van der Waals surface area (Å²) in [5.74, 6) is -1.22. The lowest BCUT2D eigenvalue weighted by molar-refractivity contribution is -0.147. The third-order valence-electron chi connectivity index (χ3n) is 7.26. The largest absolute Gasteiger partial charge is 0.324 e. The smallest absolute Gasteiger partial charge is 0.248 e. The highest BCUT2D eigenvalue weighted by atomic mass is 16.2. The Balaban J connectivity index is 1.32. The van der Waals surface area contributed by atoms with Gasteiger partial charge >= 0.3 is 0 Å². The SMILES string of the molecule is O=C(Nc1ccc2ncccc2c1)[C@H](Cc1ccccc1)N1C(=O)[C@@H]2[C@@H](C1=O)[C@H]1C=C[C@H]2C1. The minimum absolute atomic E-state index is 0.106. The van der Waals surface area contributed by atoms with Crippen LogP contribution in [0.5, 0.6) is 0 Å². The van der Waals surface area contributed by atoms with E-state index in [4.69, 9.17) is 0 Å². The van der Waals surface area contributed by atoms with Crippen LogP contribution in [0.15, 0.2) is 79.0 Å². The molecule has 2 aliphatic carbocycles. The molecular weight excluding hydrogens is 414 g/mol. The molecule has 1 N–H and O–H groups in total. The van der Waals surface area contributed by atoms with Crippen molar-refractivity contribution in [2.24, 2.45) is 23.7 Å². The molecule has 5 atom stereocenters. The van der Waals surface area contributed by atoms with E-state index in [1.807, 2.05) is 54.6 Å². The number of benzene rings is 2. The molecule has 1 saturated carbocycles. The summed E-state index contributed by atoms with van der Waals surface area (Å²) in [5, 5.41) is 3.85. The fraction of sp³-hybridized carbons (Fsp3) is 0.259. The standard InChI is InChI=1S/C27H23N3O3/c31-25(29-20-10-11-21-17(15-20)7-4-12-28-21)22(13-16-5-2-1-3-6-16)30-26(32)23-18-8-9-19(14-18)24(23)27(30)33/h1-12,15,18-19,22-24H,13-14H2,(H,29,31)/t18-,19-,22-,23-,24-/m0/s1. The molecular formula is C27H23N3O3. The Kier molecular flexibility index (Phi) is 4.61. The van der Waals surface area contributed by atoms with Gasteiger partial charge < -0.3 is 5.32 Å². The predicted octanol–water partition coefficient (Wildman–Crippen LogP) is 3.59. The maximum absolute atomic E-state index is 13.5. The van der Waals surface area contributed by atoms with Crippen molar-refractivity contribution in [1.82, 2.24) is 9.88 Å². The maximum atomic E-state index is 13.5. The molecule has 6 heteroatoms. The van der Waals surface area contributed by atoms with Crippen LogP contribution in [0.3, 0.4) is 0 Å². The number of hydrogen-bond donors (Lipinski definition) is 1. The Morgan fingerprint density at radius 3 is 2.42 bits per heavy atom. The van der Waals surface area contributed by atoms with Gasteiger partial charge in [-0.05, 0) is 48.1 Å². The molecule has 3 aromatic rings. The first kappa shape index (κ1) is 19.9. The van der Waals surface area contributed by atoms with E-state index < -0.39 is 6.04 Å². The van der Waals surface area contributed by atoms with E-state index >= 15 is 0 Å². The first-order valence-corrected chi connectivity index (χ1v) is 11.3. The number of imide groups is 1. The van der Waals surface area contributed by atoms with Gasteiger partial charge in [0.05, 0.1) is 17.4 Å². The molecule has 6 nitrogen and oxygen atoms in total. The van der Waals surface area contributed by atoms with E-state index in [2.05, 4.69) is 22.5 Å². The van der Waals surface area contributed by atoms with Crippen molar-refractivity contribution in [3.8, 4) is 0 Å². The topological polar surface area (TPSA) is 79.4 Å². The van der Waals surface area contributed by atoms with Gasteiger partial charge in [-0.15, -0.1) is 0 Å². The fourth-order valence-corrected chi connectivity index (χ4v) is 5.75. The molecule has 1 saturated heterocycles. The van der Waals surface area contributed by atoms with Crippen LogP contribution in [-0.4, -0.2) is 33.6 Å². The zero-order chi connectivity index (χ0) is 22.5. The van der Waals surface area contributed by atoms with Gasteiger partial charge in [-0.25, -0.2) is 0 Å². The number of hydrogen-bond acceptors (Lipinski definition) is 4. The Hall–Kier alpha value is -3.80. The molecule has 2 aromatic carbocycles. The number of carbonyl (C=O) groups excluding carboxylic acids is 3. The number of nitrogens with zero attached hydrogens (tertiary/aromatic N) is 2. The van der Waals surface area contributed by atoms with Crippen molar-refractivity contribution in [2.75, 3.05) is 5.32 Å². The molecule has 3 amide bonds. The highest BCUT2D eigenvalue weighted by Gasteiger charge is 2.61. The highest BCUT2D eigenvalue weighted by molar-refractivity contribution is 6.11. The summed E-state index contributed by atoms with van der Waals surface area (Å²) >= 11 is 0. The predicted molar refractivity (Wildman–Crippen MR) is 124 cm³/mol. The number of amides is 3. The molecule has 0 unspecified atom stereocenters. The van der Waals surface area contributed by atoms with Gasteiger partial charge in [-0.1, -0.05) is 48.6 Å². The Labute approximate surface area is 191 Å². The normalized spacial score (nSPS) is 26.1. The van der Waals surface area contributed by atoms with E-state index in [-0.39, 0.29) is 47.8 Å². The van der Waals surface area contributed by atoms with Gasteiger partial charge in [-0.2, -0.15) is 0 Å². The molecule has 33 heavy (non-hydrogen) atoms. The number of fused-ring (bicyclic) bond motifs is 6. The van der Waals surface area contributed by atoms with Crippen LogP contribution in [0.1, 0.15) is 12.0 Å². The maximum Gasteiger partial charge on any atom is 0.248 e. The molecule has 1 aromatic heterocycles. The molecule has 6 rings (SSSR count). The lowest BCUT2D eigenvalue weighted by Gasteiger charge is -2.27. The van der Waals surface area contributed by atoms with E-state index in [1.165, 1.54) is 4.90 Å². The summed E-state index contributed by atoms with van der Waals surface area (Å²) in [7, 11) is 0. The fourth-order valence-electron chi connectivity index (χ4n) is 5.75. The number of aromatic nitrogens is 1. The molecule has 0 spiro atoms. The average Bonchev–Trinajstić information content (AvgIpc) is 3.52. The summed E-state index contributed by atoms with van der Waals surface area (Å²) in [6.07, 6.45) is 6.99. The summed E-state index contributed by atoms with van der Waals surface area (Å²) in [6, 6.07) is 17.9. The summed E-state index contributed by atoms with van der Waals surface area (Å²) in [5.41, 5.74) is 2.34. The number of pyridine rings is 1. The Morgan fingerprint density at radius 1 is 0.970 bits per heavy atom. The van der Waals surface area contributed by atoms with Crippen molar-refractivity contribution in [1.29, 1.82) is 0 Å². The molecule has 2 bridgehead atoms. The summed E-state index contributed by atoms with van der Waals surface area (Å²) in [6.45, 7) is 0. The molecule has 3 aliphatic rings. The van der Waals surface area contributed by atoms with Gasteiger partial charge in [0.2, 0.25) is 17.7 Å². The zero-order valence-corrected chi connectivity index (χ0v) is 17.9. The van der Waals surface area contributed by atoms with Crippen molar-refractivity contribution < 1.29 is 14.4 Å². The monoisotopic (exact) mass is 437 g/mol. The number of rotatable bonds is 5. The number of carbonyl (C=O) groups is 3. The third kappa shape index (κ3) is 3.25. The van der Waals surface area contributed by atoms with Crippen LogP contribution in [-0.2, 0) is 20.8 Å². The van der Waals surface area contributed by atoms with Crippen LogP contribution in [0, 0.1) is 23.7 Å². The van der Waals surface area contributed by atoms with E-state index in [1.54, 1.807) is 12.3 Å². The van der Waals surface area contributed by atoms with Crippen LogP contribution in [0.4, 0.5) is 5.69 Å². The lowest BCUT2D eigenvalue weighted by atomic mass is 9.85. The average molecular weight is 437 g/mol. The number of allylic oxidation sites excluding steroid dienone is 2. The van der Waals surface area contributed by atoms with E-state index in [0.29, 0.717) is 5.69 Å². The second kappa shape index (κ2) is 7.66. The highest BCUT2D eigenvalue weighted by Crippen LogP contribution is 2.53. The molecule has 1 aliphatic heterocycles. The molecule has 164 valence electrons. The second-order valence-corrected chi connectivity index (χ2v) is 9.15. The van der Waals surface area contributed by atoms with Crippen molar-refractivity contribution >= 4 is 34.3 Å². The number of anilines is 1. The molecule has 2 fully saturated rings. The van der Waals surface area contributed by atoms with Crippen molar-refractivity contribution in [3.63, 3.8) is 0 Å². The quantitative estimate of drug-likeness (QED) is 0.489. The van der Waals surface area contributed by atoms with Crippen LogP contribution < -0.4 is 5.32 Å². The van der Waals surface area contributed by atoms with Crippen molar-refractivity contribution in [3.05, 3.63) is 84.6 Å². The Morgan fingerprint density at radius 2 is 1.70 bits per heavy atom. The molecule has 2 heterocycles. The van der Waals surface area contributed by atoms with E-state index in [9.17, 15) is 14.4 Å². The van der Waals surface area contributed by atoms with Gasteiger partial charge in [0.15, 0.2) is 0 Å². The van der Waals surface area contributed by atoms with Crippen LogP contribution in [0.25, 0.3) is 10.9 Å². The minimum atomic E-state index is -0.901. The number of nitrogens with one attached hydrogen (secondary N) is 1. The van der Waals surface area contributed by atoms with Gasteiger partial charge in [0.25, 0.3) is 0 Å². The third-order valence-corrected chi connectivity index (χ3v) is 7.26. The van der Waals surface area contributed by atoms with Gasteiger partial charge in [-0.3, -0.25) is 24.3 Å². The van der Waals surface area contributed by atoms with Gasteiger partial charge in [0.1, 0.15) is 6.04 Å². The van der Waals surface area contributed by atoms with Gasteiger partial charge in [0, 0.05) is 23.7 Å². The zero-order valence-electron chi connectivity index (χ0n) is 17.9. The van der Waals surface area contributed by atoms with Crippen LogP contribution in [0.2, 0.25) is 0 Å². The number of likely N-dealkylation sites (tertiary alicyclic amines) is 1. The first-order chi connectivity index (χ1) is 16.1. The van der Waals surface area contributed by atoms with E-state index in [0.717, 1.165) is 22.9 Å². The van der Waals surface area contributed by atoms with Crippen molar-refractivity contribution in [2.45, 2.75) is 18.9 Å². The second-order valence-electron chi connectivity index (χ2n) is 9.15. The summed E-state index contributed by atoms with van der Waals surface area (Å²) < 4.78 is 0. The minimum Gasteiger partial charge on any atom is -0.324 e. The lowest BCUT2D eigenvalue weighted by Crippen LogP contribution is -2.49. The van der Waals surface area contributed by atoms with Crippen LogP contribution >= 0.6 is 0 Å². The Bertz CT molecular complexity index is 1270. The summed E-state index contributed by atoms with van der Waals surface area (Å²) in [4.78, 5) is 46.0. The molecule has 0 radical (unpaired) electrons.